The van der Waals surface area contributed by atoms with Crippen molar-refractivity contribution in [3.63, 3.8) is 0 Å². The highest BCUT2D eigenvalue weighted by molar-refractivity contribution is 6.40. The van der Waals surface area contributed by atoms with Crippen molar-refractivity contribution < 1.29 is 23.9 Å². The molecule has 4 rings (SSSR count). The first-order valence-corrected chi connectivity index (χ1v) is 13.4. The Hall–Kier alpha value is -4.05. The summed E-state index contributed by atoms with van der Waals surface area (Å²) in [6.45, 7) is 6.52. The van der Waals surface area contributed by atoms with Gasteiger partial charge >= 0.3 is 5.97 Å². The summed E-state index contributed by atoms with van der Waals surface area (Å²) in [5.41, 5.74) is 3.22. The topological polar surface area (TPSA) is 112 Å². The fourth-order valence-corrected chi connectivity index (χ4v) is 4.94. The predicted octanol–water partition coefficient (Wildman–Crippen LogP) is 6.95. The van der Waals surface area contributed by atoms with Crippen LogP contribution in [-0.4, -0.2) is 34.2 Å². The van der Waals surface area contributed by atoms with Gasteiger partial charge in [0.2, 0.25) is 5.88 Å². The Morgan fingerprint density at radius 2 is 1.63 bits per heavy atom. The van der Waals surface area contributed by atoms with Crippen LogP contribution in [0.25, 0.3) is 5.69 Å². The van der Waals surface area contributed by atoms with Crippen LogP contribution in [0.15, 0.2) is 54.6 Å². The Morgan fingerprint density at radius 3 is 2.29 bits per heavy atom. The van der Waals surface area contributed by atoms with Crippen molar-refractivity contribution in [3.05, 3.63) is 91.9 Å². The third-order valence-corrected chi connectivity index (χ3v) is 6.63. The van der Waals surface area contributed by atoms with Gasteiger partial charge in [0.1, 0.15) is 11.4 Å². The van der Waals surface area contributed by atoms with E-state index in [1.54, 1.807) is 25.1 Å². The maximum Gasteiger partial charge on any atom is 0.309 e. The van der Waals surface area contributed by atoms with Crippen LogP contribution in [0.2, 0.25) is 15.1 Å². The summed E-state index contributed by atoms with van der Waals surface area (Å²) in [7, 11) is 0. The summed E-state index contributed by atoms with van der Waals surface area (Å²) in [6.07, 6.45) is 0. The SMILES string of the molecule is CC(=O)Oc1c(C)c(NC(=O)c2cccc(NC(=O)COc3ccc(C)cc3C)c2)nn1-c1c(Cl)cc(Cl)cc1Cl. The van der Waals surface area contributed by atoms with Gasteiger partial charge in [-0.2, -0.15) is 4.68 Å². The minimum absolute atomic E-state index is 0.0174. The summed E-state index contributed by atoms with van der Waals surface area (Å²) in [5.74, 6) is -0.794. The molecule has 4 aromatic rings. The van der Waals surface area contributed by atoms with Gasteiger partial charge in [0, 0.05) is 23.2 Å². The van der Waals surface area contributed by atoms with Crippen LogP contribution in [0.4, 0.5) is 11.5 Å². The van der Waals surface area contributed by atoms with Crippen LogP contribution in [0.3, 0.4) is 0 Å². The van der Waals surface area contributed by atoms with Crippen LogP contribution in [0.1, 0.15) is 34.0 Å². The minimum Gasteiger partial charge on any atom is -0.483 e. The van der Waals surface area contributed by atoms with E-state index in [4.69, 9.17) is 44.3 Å². The number of ether oxygens (including phenoxy) is 2. The Balaban J connectivity index is 1.52. The van der Waals surface area contributed by atoms with Crippen LogP contribution in [0, 0.1) is 20.8 Å². The lowest BCUT2D eigenvalue weighted by Crippen LogP contribution is -2.21. The average Bonchev–Trinajstić information content (AvgIpc) is 3.17. The number of carbonyl (C=O) groups excluding carboxylic acids is 3. The van der Waals surface area contributed by atoms with E-state index in [1.807, 2.05) is 32.0 Å². The standard InChI is InChI=1S/C29H25Cl3N4O5/c1-15-8-9-24(16(2)10-15)40-14-25(38)33-21-7-5-6-19(11-21)28(39)34-27-17(3)29(41-18(4)37)36(35-27)26-22(31)12-20(30)13-23(26)32/h5-13H,14H2,1-4H3,(H,33,38)(H,34,35,39). The summed E-state index contributed by atoms with van der Waals surface area (Å²) in [6, 6.07) is 15.0. The van der Waals surface area contributed by atoms with Crippen LogP contribution in [-0.2, 0) is 9.59 Å². The van der Waals surface area contributed by atoms with E-state index < -0.39 is 11.9 Å². The molecule has 0 radical (unpaired) electrons. The Bertz CT molecular complexity index is 1650. The van der Waals surface area contributed by atoms with Gasteiger partial charge in [-0.25, -0.2) is 0 Å². The lowest BCUT2D eigenvalue weighted by Gasteiger charge is -2.11. The first-order chi connectivity index (χ1) is 19.4. The fraction of sp³-hybridized carbons (Fsp3) is 0.172. The van der Waals surface area contributed by atoms with Crippen LogP contribution < -0.4 is 20.1 Å². The normalized spacial score (nSPS) is 10.7. The first-order valence-electron chi connectivity index (χ1n) is 12.3. The van der Waals surface area contributed by atoms with Gasteiger partial charge in [-0.3, -0.25) is 14.4 Å². The van der Waals surface area contributed by atoms with Gasteiger partial charge in [0.25, 0.3) is 11.8 Å². The second-order valence-electron chi connectivity index (χ2n) is 9.14. The Morgan fingerprint density at radius 1 is 0.927 bits per heavy atom. The smallest absolute Gasteiger partial charge is 0.309 e. The van der Waals surface area contributed by atoms with E-state index in [-0.39, 0.29) is 45.5 Å². The molecule has 2 N–H and O–H groups in total. The summed E-state index contributed by atoms with van der Waals surface area (Å²) in [5, 5.41) is 10.4. The van der Waals surface area contributed by atoms with Crippen LogP contribution in [0.5, 0.6) is 11.6 Å². The maximum absolute atomic E-state index is 13.2. The molecule has 12 heteroatoms. The van der Waals surface area contributed by atoms with Crippen molar-refractivity contribution in [3.8, 4) is 17.3 Å². The van der Waals surface area contributed by atoms with Gasteiger partial charge in [-0.05, 0) is 62.7 Å². The molecule has 212 valence electrons. The average molecular weight is 616 g/mol. The van der Waals surface area contributed by atoms with Crippen molar-refractivity contribution in [2.45, 2.75) is 27.7 Å². The Kier molecular flexibility index (Phi) is 9.22. The molecule has 1 heterocycles. The van der Waals surface area contributed by atoms with E-state index in [1.165, 1.54) is 29.8 Å². The van der Waals surface area contributed by atoms with E-state index >= 15 is 0 Å². The number of halogens is 3. The van der Waals surface area contributed by atoms with Gasteiger partial charge in [-0.1, -0.05) is 58.6 Å². The number of nitrogens with zero attached hydrogens (tertiary/aromatic N) is 2. The highest BCUT2D eigenvalue weighted by Gasteiger charge is 2.24. The molecule has 2 amide bonds. The number of rotatable bonds is 8. The highest BCUT2D eigenvalue weighted by atomic mass is 35.5. The third-order valence-electron chi connectivity index (χ3n) is 5.83. The van der Waals surface area contributed by atoms with Gasteiger partial charge < -0.3 is 20.1 Å². The van der Waals surface area contributed by atoms with Crippen molar-refractivity contribution in [1.29, 1.82) is 0 Å². The molecule has 41 heavy (non-hydrogen) atoms. The molecule has 0 aliphatic heterocycles. The zero-order valence-electron chi connectivity index (χ0n) is 22.5. The monoisotopic (exact) mass is 614 g/mol. The third kappa shape index (κ3) is 7.18. The number of aryl methyl sites for hydroxylation is 2. The zero-order valence-corrected chi connectivity index (χ0v) is 24.7. The molecule has 0 saturated heterocycles. The number of carbonyl (C=O) groups is 3. The summed E-state index contributed by atoms with van der Waals surface area (Å²) in [4.78, 5) is 37.5. The number of benzene rings is 3. The highest BCUT2D eigenvalue weighted by Crippen LogP contribution is 2.37. The molecule has 0 unspecified atom stereocenters. The second-order valence-corrected chi connectivity index (χ2v) is 10.4. The molecule has 0 fully saturated rings. The molecular formula is C29H25Cl3N4O5. The van der Waals surface area contributed by atoms with E-state index in [9.17, 15) is 14.4 Å². The van der Waals surface area contributed by atoms with Gasteiger partial charge in [0.15, 0.2) is 12.4 Å². The van der Waals surface area contributed by atoms with Crippen LogP contribution >= 0.6 is 34.8 Å². The molecule has 0 aliphatic rings. The number of nitrogens with one attached hydrogen (secondary N) is 2. The van der Waals surface area contributed by atoms with Crippen molar-refractivity contribution in [1.82, 2.24) is 9.78 Å². The first kappa shape index (κ1) is 29.9. The quantitative estimate of drug-likeness (QED) is 0.208. The molecular weight excluding hydrogens is 591 g/mol. The Labute approximate surface area is 251 Å². The molecule has 0 spiro atoms. The summed E-state index contributed by atoms with van der Waals surface area (Å²) < 4.78 is 12.2. The molecule has 0 saturated carbocycles. The predicted molar refractivity (Wildman–Crippen MR) is 159 cm³/mol. The number of amides is 2. The molecule has 3 aromatic carbocycles. The lowest BCUT2D eigenvalue weighted by atomic mass is 10.1. The molecule has 0 atom stereocenters. The van der Waals surface area contributed by atoms with Gasteiger partial charge in [0.05, 0.1) is 15.6 Å². The van der Waals surface area contributed by atoms with E-state index in [0.29, 0.717) is 22.0 Å². The number of anilines is 2. The molecule has 0 bridgehead atoms. The lowest BCUT2D eigenvalue weighted by molar-refractivity contribution is -0.132. The molecule has 1 aromatic heterocycles. The van der Waals surface area contributed by atoms with Crippen molar-refractivity contribution in [2.75, 3.05) is 17.2 Å². The number of hydrogen-bond acceptors (Lipinski definition) is 6. The molecule has 0 aliphatic carbocycles. The van der Waals surface area contributed by atoms with E-state index in [2.05, 4.69) is 15.7 Å². The maximum atomic E-state index is 13.2. The van der Waals surface area contributed by atoms with Crippen molar-refractivity contribution in [2.24, 2.45) is 0 Å². The minimum atomic E-state index is -0.613. The summed E-state index contributed by atoms with van der Waals surface area (Å²) >= 11 is 18.8. The number of aromatic nitrogens is 2. The van der Waals surface area contributed by atoms with E-state index in [0.717, 1.165) is 11.1 Å². The van der Waals surface area contributed by atoms with Crippen molar-refractivity contribution >= 4 is 64.1 Å². The molecule has 9 nitrogen and oxygen atoms in total. The number of esters is 1. The largest absolute Gasteiger partial charge is 0.483 e. The van der Waals surface area contributed by atoms with Gasteiger partial charge in [-0.15, -0.1) is 5.10 Å². The zero-order chi connectivity index (χ0) is 29.8. The number of hydrogen-bond donors (Lipinski definition) is 2. The second kappa shape index (κ2) is 12.6. The fourth-order valence-electron chi connectivity index (χ4n) is 3.96.